The molecule has 0 aromatic heterocycles. The quantitative estimate of drug-likeness (QED) is 0.785. The molecule has 0 aliphatic carbocycles. The number of carbonyl (C=O) groups is 2. The highest BCUT2D eigenvalue weighted by molar-refractivity contribution is 9.10. The summed E-state index contributed by atoms with van der Waals surface area (Å²) >= 11 is 3.45. The van der Waals surface area contributed by atoms with Crippen LogP contribution in [0, 0.1) is 5.92 Å². The van der Waals surface area contributed by atoms with E-state index >= 15 is 0 Å². The number of rotatable bonds is 2. The third kappa shape index (κ3) is 2.27. The zero-order valence-corrected chi connectivity index (χ0v) is 12.7. The highest BCUT2D eigenvalue weighted by Gasteiger charge is 2.51. The van der Waals surface area contributed by atoms with Crippen LogP contribution < -0.4 is 4.90 Å². The van der Waals surface area contributed by atoms with Crippen LogP contribution in [0.2, 0.25) is 0 Å². The average Bonchev–Trinajstić information content (AvgIpc) is 2.60. The lowest BCUT2D eigenvalue weighted by Crippen LogP contribution is -2.46. The number of esters is 1. The van der Waals surface area contributed by atoms with Gasteiger partial charge in [-0.2, -0.15) is 0 Å². The Hall–Kier alpha value is -1.36. The lowest BCUT2D eigenvalue weighted by Gasteiger charge is -2.35. The summed E-state index contributed by atoms with van der Waals surface area (Å²) in [5.74, 6) is -0.850. The summed E-state index contributed by atoms with van der Waals surface area (Å²) in [7, 11) is 1.35. The number of anilines is 1. The molecule has 1 atom stereocenters. The minimum Gasteiger partial charge on any atom is -0.469 e. The molecule has 4 nitrogen and oxygen atoms in total. The van der Waals surface area contributed by atoms with E-state index in [0.717, 1.165) is 10.2 Å². The third-order valence-corrected chi connectivity index (χ3v) is 4.31. The summed E-state index contributed by atoms with van der Waals surface area (Å²) in [6, 6.07) is 7.50. The number of nitrogens with zero attached hydrogens (tertiary/aromatic N) is 1. The van der Waals surface area contributed by atoms with Crippen LogP contribution in [0.1, 0.15) is 20.3 Å². The lowest BCUT2D eigenvalue weighted by molar-refractivity contribution is -0.147. The number of hydrogen-bond donors (Lipinski definition) is 0. The van der Waals surface area contributed by atoms with Gasteiger partial charge in [0.1, 0.15) is 0 Å². The molecule has 0 radical (unpaired) electrons. The average molecular weight is 326 g/mol. The van der Waals surface area contributed by atoms with Gasteiger partial charge in [0.15, 0.2) is 0 Å². The number of carbonyl (C=O) groups excluding carboxylic acids is 2. The molecule has 1 saturated heterocycles. The SMILES string of the molecule is COC(=O)C1CC(=O)N(c2ccccc2Br)C1(C)C. The van der Waals surface area contributed by atoms with E-state index < -0.39 is 11.5 Å². The molecule has 5 heteroatoms. The predicted molar refractivity (Wildman–Crippen MR) is 75.8 cm³/mol. The predicted octanol–water partition coefficient (Wildman–Crippen LogP) is 2.75. The second-order valence-electron chi connectivity index (χ2n) is 5.11. The molecule has 1 fully saturated rings. The Labute approximate surface area is 120 Å². The van der Waals surface area contributed by atoms with Crippen molar-refractivity contribution in [3.8, 4) is 0 Å². The molecule has 0 bridgehead atoms. The van der Waals surface area contributed by atoms with E-state index in [-0.39, 0.29) is 18.3 Å². The van der Waals surface area contributed by atoms with Crippen LogP contribution in [0.4, 0.5) is 5.69 Å². The van der Waals surface area contributed by atoms with Gasteiger partial charge in [0.25, 0.3) is 0 Å². The Morgan fingerprint density at radius 3 is 2.63 bits per heavy atom. The van der Waals surface area contributed by atoms with Crippen molar-refractivity contribution in [3.63, 3.8) is 0 Å². The second-order valence-corrected chi connectivity index (χ2v) is 5.97. The van der Waals surface area contributed by atoms with Crippen molar-refractivity contribution in [1.82, 2.24) is 0 Å². The van der Waals surface area contributed by atoms with Gasteiger partial charge in [-0.15, -0.1) is 0 Å². The molecule has 1 amide bonds. The zero-order chi connectivity index (χ0) is 14.2. The highest BCUT2D eigenvalue weighted by atomic mass is 79.9. The summed E-state index contributed by atoms with van der Waals surface area (Å²) in [5.41, 5.74) is 0.178. The Morgan fingerprint density at radius 2 is 2.05 bits per heavy atom. The van der Waals surface area contributed by atoms with Crippen molar-refractivity contribution in [2.75, 3.05) is 12.0 Å². The van der Waals surface area contributed by atoms with Crippen LogP contribution in [-0.4, -0.2) is 24.5 Å². The number of benzene rings is 1. The van der Waals surface area contributed by atoms with Gasteiger partial charge < -0.3 is 9.64 Å². The smallest absolute Gasteiger partial charge is 0.311 e. The Kier molecular flexibility index (Phi) is 3.67. The maximum atomic E-state index is 12.3. The van der Waals surface area contributed by atoms with Gasteiger partial charge >= 0.3 is 5.97 Å². The van der Waals surface area contributed by atoms with E-state index in [1.807, 2.05) is 38.1 Å². The van der Waals surface area contributed by atoms with Gasteiger partial charge in [-0.1, -0.05) is 12.1 Å². The summed E-state index contributed by atoms with van der Waals surface area (Å²) < 4.78 is 5.64. The van der Waals surface area contributed by atoms with E-state index in [1.165, 1.54) is 7.11 Å². The first-order chi connectivity index (χ1) is 8.89. The number of hydrogen-bond acceptors (Lipinski definition) is 3. The summed E-state index contributed by atoms with van der Waals surface area (Å²) in [5, 5.41) is 0. The number of methoxy groups -OCH3 is 1. The summed E-state index contributed by atoms with van der Waals surface area (Å²) in [6.45, 7) is 3.78. The maximum Gasteiger partial charge on any atom is 0.311 e. The van der Waals surface area contributed by atoms with E-state index in [9.17, 15) is 9.59 Å². The standard InChI is InChI=1S/C14H16BrNO3/c1-14(2)9(13(18)19-3)8-12(17)16(14)11-7-5-4-6-10(11)15/h4-7,9H,8H2,1-3H3. The van der Waals surface area contributed by atoms with E-state index in [0.29, 0.717) is 0 Å². The first-order valence-corrected chi connectivity index (χ1v) is 6.84. The van der Waals surface area contributed by atoms with Crippen LogP contribution >= 0.6 is 15.9 Å². The molecule has 102 valence electrons. The molecule has 1 aromatic carbocycles. The molecular weight excluding hydrogens is 310 g/mol. The summed E-state index contributed by atoms with van der Waals surface area (Å²) in [6.07, 6.45) is 0.182. The summed E-state index contributed by atoms with van der Waals surface area (Å²) in [4.78, 5) is 25.8. The monoisotopic (exact) mass is 325 g/mol. The van der Waals surface area contributed by atoms with Crippen LogP contribution in [0.15, 0.2) is 28.7 Å². The molecule has 2 rings (SSSR count). The van der Waals surface area contributed by atoms with Gasteiger partial charge in [-0.05, 0) is 41.9 Å². The number of ether oxygens (including phenoxy) is 1. The minimum absolute atomic E-state index is 0.0627. The fourth-order valence-corrected chi connectivity index (χ4v) is 3.05. The first kappa shape index (κ1) is 14.1. The third-order valence-electron chi connectivity index (χ3n) is 3.64. The molecular formula is C14H16BrNO3. The van der Waals surface area contributed by atoms with Crippen molar-refractivity contribution in [3.05, 3.63) is 28.7 Å². The van der Waals surface area contributed by atoms with Crippen molar-refractivity contribution < 1.29 is 14.3 Å². The van der Waals surface area contributed by atoms with Gasteiger partial charge in [-0.3, -0.25) is 9.59 Å². The Morgan fingerprint density at radius 1 is 1.42 bits per heavy atom. The first-order valence-electron chi connectivity index (χ1n) is 6.05. The van der Waals surface area contributed by atoms with Crippen LogP contribution in [0.25, 0.3) is 0 Å². The molecule has 1 heterocycles. The Balaban J connectivity index is 2.45. The van der Waals surface area contributed by atoms with Gasteiger partial charge in [0.05, 0.1) is 24.3 Å². The van der Waals surface area contributed by atoms with Crippen LogP contribution in [0.3, 0.4) is 0 Å². The van der Waals surface area contributed by atoms with E-state index in [4.69, 9.17) is 4.74 Å². The van der Waals surface area contributed by atoms with Crippen molar-refractivity contribution in [1.29, 1.82) is 0 Å². The maximum absolute atomic E-state index is 12.3. The molecule has 1 aromatic rings. The van der Waals surface area contributed by atoms with Gasteiger partial charge in [0, 0.05) is 10.9 Å². The van der Waals surface area contributed by atoms with Crippen LogP contribution in [-0.2, 0) is 14.3 Å². The molecule has 0 saturated carbocycles. The molecule has 0 N–H and O–H groups in total. The van der Waals surface area contributed by atoms with Crippen molar-refractivity contribution in [2.45, 2.75) is 25.8 Å². The van der Waals surface area contributed by atoms with Crippen molar-refractivity contribution in [2.24, 2.45) is 5.92 Å². The number of amides is 1. The largest absolute Gasteiger partial charge is 0.469 e. The number of halogens is 1. The molecule has 1 aliphatic heterocycles. The van der Waals surface area contributed by atoms with Gasteiger partial charge in [-0.25, -0.2) is 0 Å². The van der Waals surface area contributed by atoms with Gasteiger partial charge in [0.2, 0.25) is 5.91 Å². The zero-order valence-electron chi connectivity index (χ0n) is 11.1. The highest BCUT2D eigenvalue weighted by Crippen LogP contribution is 2.42. The van der Waals surface area contributed by atoms with Crippen LogP contribution in [0.5, 0.6) is 0 Å². The fourth-order valence-electron chi connectivity index (χ4n) is 2.58. The molecule has 0 spiro atoms. The molecule has 19 heavy (non-hydrogen) atoms. The second kappa shape index (κ2) is 4.96. The molecule has 1 unspecified atom stereocenters. The normalized spacial score (nSPS) is 21.6. The number of para-hydroxylation sites is 1. The minimum atomic E-state index is -0.603. The fraction of sp³-hybridized carbons (Fsp3) is 0.429. The molecule has 1 aliphatic rings. The lowest BCUT2D eigenvalue weighted by atomic mass is 9.88. The topological polar surface area (TPSA) is 46.6 Å². The van der Waals surface area contributed by atoms with E-state index in [1.54, 1.807) is 4.90 Å². The Bertz CT molecular complexity index is 527. The van der Waals surface area contributed by atoms with E-state index in [2.05, 4.69) is 15.9 Å². The van der Waals surface area contributed by atoms with Crippen molar-refractivity contribution >= 4 is 33.5 Å².